The molecule has 0 spiro atoms. The SMILES string of the molecule is CCc1ccccc1N1CC(C(=O)N2CCN(C(=O)Cc3ccccn3)CC2)CC1=O. The number of hydrogen-bond acceptors (Lipinski definition) is 4. The molecule has 162 valence electrons. The van der Waals surface area contributed by atoms with Gasteiger partial charge in [0.25, 0.3) is 0 Å². The molecule has 1 aromatic carbocycles. The van der Waals surface area contributed by atoms with Crippen molar-refractivity contribution in [2.75, 3.05) is 37.6 Å². The summed E-state index contributed by atoms with van der Waals surface area (Å²) in [6.45, 7) is 4.52. The van der Waals surface area contributed by atoms with E-state index in [0.717, 1.165) is 23.4 Å². The second-order valence-corrected chi connectivity index (χ2v) is 8.09. The molecule has 1 aromatic heterocycles. The number of anilines is 1. The van der Waals surface area contributed by atoms with Crippen LogP contribution in [0.3, 0.4) is 0 Å². The first-order chi connectivity index (χ1) is 15.1. The minimum Gasteiger partial charge on any atom is -0.339 e. The highest BCUT2D eigenvalue weighted by Crippen LogP contribution is 2.29. The van der Waals surface area contributed by atoms with Crippen molar-refractivity contribution in [2.45, 2.75) is 26.2 Å². The second kappa shape index (κ2) is 9.29. The van der Waals surface area contributed by atoms with Gasteiger partial charge >= 0.3 is 0 Å². The molecule has 7 nitrogen and oxygen atoms in total. The summed E-state index contributed by atoms with van der Waals surface area (Å²) in [5.74, 6) is -0.276. The van der Waals surface area contributed by atoms with Gasteiger partial charge in [0.15, 0.2) is 0 Å². The number of aryl methyl sites for hydroxylation is 1. The van der Waals surface area contributed by atoms with Gasteiger partial charge in [0.1, 0.15) is 0 Å². The van der Waals surface area contributed by atoms with Crippen molar-refractivity contribution in [3.63, 3.8) is 0 Å². The third-order valence-electron chi connectivity index (χ3n) is 6.14. The summed E-state index contributed by atoms with van der Waals surface area (Å²) in [5, 5.41) is 0. The van der Waals surface area contributed by atoms with E-state index in [0.29, 0.717) is 32.7 Å². The zero-order valence-electron chi connectivity index (χ0n) is 17.9. The summed E-state index contributed by atoms with van der Waals surface area (Å²) in [7, 11) is 0. The van der Waals surface area contributed by atoms with E-state index in [-0.39, 0.29) is 36.5 Å². The largest absolute Gasteiger partial charge is 0.339 e. The zero-order valence-corrected chi connectivity index (χ0v) is 17.9. The van der Waals surface area contributed by atoms with Crippen LogP contribution < -0.4 is 4.90 Å². The van der Waals surface area contributed by atoms with E-state index in [9.17, 15) is 14.4 Å². The number of benzene rings is 1. The molecule has 0 radical (unpaired) electrons. The molecule has 0 N–H and O–H groups in total. The minimum absolute atomic E-state index is 0.00317. The highest BCUT2D eigenvalue weighted by atomic mass is 16.2. The molecule has 2 aliphatic rings. The maximum absolute atomic E-state index is 13.1. The number of pyridine rings is 1. The van der Waals surface area contributed by atoms with Gasteiger partial charge in [-0.15, -0.1) is 0 Å². The van der Waals surface area contributed by atoms with Crippen LogP contribution in [0.5, 0.6) is 0 Å². The first kappa shape index (κ1) is 21.0. The quantitative estimate of drug-likeness (QED) is 0.741. The standard InChI is InChI=1S/C24H28N4O3/c1-2-18-7-3-4-9-21(18)28-17-19(15-23(28)30)24(31)27-13-11-26(12-14-27)22(29)16-20-8-5-6-10-25-20/h3-10,19H,2,11-17H2,1H3. The van der Waals surface area contributed by atoms with Gasteiger partial charge in [0.05, 0.1) is 12.3 Å². The Morgan fingerprint density at radius 3 is 2.42 bits per heavy atom. The van der Waals surface area contributed by atoms with Gasteiger partial charge in [-0.25, -0.2) is 0 Å². The molecule has 0 bridgehead atoms. The Hall–Kier alpha value is -3.22. The zero-order chi connectivity index (χ0) is 21.8. The first-order valence-corrected chi connectivity index (χ1v) is 10.9. The number of carbonyl (C=O) groups is 3. The lowest BCUT2D eigenvalue weighted by atomic mass is 10.1. The van der Waals surface area contributed by atoms with Crippen LogP contribution in [0.1, 0.15) is 24.6 Å². The molecular formula is C24H28N4O3. The van der Waals surface area contributed by atoms with E-state index in [1.54, 1.807) is 20.9 Å². The van der Waals surface area contributed by atoms with Crippen LogP contribution in [0.2, 0.25) is 0 Å². The predicted molar refractivity (Wildman–Crippen MR) is 117 cm³/mol. The molecule has 31 heavy (non-hydrogen) atoms. The van der Waals surface area contributed by atoms with Gasteiger partial charge in [-0.05, 0) is 30.2 Å². The third-order valence-corrected chi connectivity index (χ3v) is 6.14. The first-order valence-electron chi connectivity index (χ1n) is 10.9. The van der Waals surface area contributed by atoms with Gasteiger partial charge in [0, 0.05) is 56.7 Å². The van der Waals surface area contributed by atoms with E-state index in [1.165, 1.54) is 0 Å². The molecule has 0 aliphatic carbocycles. The number of carbonyl (C=O) groups excluding carboxylic acids is 3. The Kier molecular flexibility index (Phi) is 6.30. The fraction of sp³-hybridized carbons (Fsp3) is 0.417. The summed E-state index contributed by atoms with van der Waals surface area (Å²) < 4.78 is 0. The lowest BCUT2D eigenvalue weighted by molar-refractivity contribution is -0.141. The van der Waals surface area contributed by atoms with E-state index in [2.05, 4.69) is 11.9 Å². The fourth-order valence-electron chi connectivity index (χ4n) is 4.38. The van der Waals surface area contributed by atoms with Gasteiger partial charge < -0.3 is 14.7 Å². The number of hydrogen-bond donors (Lipinski definition) is 0. The van der Waals surface area contributed by atoms with Crippen LogP contribution in [-0.4, -0.2) is 65.2 Å². The second-order valence-electron chi connectivity index (χ2n) is 8.09. The average molecular weight is 421 g/mol. The molecule has 2 aliphatic heterocycles. The highest BCUT2D eigenvalue weighted by molar-refractivity contribution is 6.00. The molecule has 2 fully saturated rings. The van der Waals surface area contributed by atoms with Crippen LogP contribution in [0.15, 0.2) is 48.7 Å². The maximum Gasteiger partial charge on any atom is 0.228 e. The van der Waals surface area contributed by atoms with Crippen molar-refractivity contribution in [3.05, 3.63) is 59.9 Å². The molecule has 2 saturated heterocycles. The van der Waals surface area contributed by atoms with Crippen LogP contribution in [-0.2, 0) is 27.2 Å². The molecule has 1 atom stereocenters. The van der Waals surface area contributed by atoms with Crippen molar-refractivity contribution in [2.24, 2.45) is 5.92 Å². The smallest absolute Gasteiger partial charge is 0.228 e. The predicted octanol–water partition coefficient (Wildman–Crippen LogP) is 1.91. The molecule has 3 amide bonds. The molecule has 7 heteroatoms. The van der Waals surface area contributed by atoms with Gasteiger partial charge in [0.2, 0.25) is 17.7 Å². The number of amides is 3. The number of nitrogens with zero attached hydrogens (tertiary/aromatic N) is 4. The van der Waals surface area contributed by atoms with Crippen molar-refractivity contribution < 1.29 is 14.4 Å². The van der Waals surface area contributed by atoms with Crippen molar-refractivity contribution in [1.82, 2.24) is 14.8 Å². The maximum atomic E-state index is 13.1. The lowest BCUT2D eigenvalue weighted by Gasteiger charge is -2.36. The van der Waals surface area contributed by atoms with E-state index in [4.69, 9.17) is 0 Å². The van der Waals surface area contributed by atoms with Crippen LogP contribution in [0.25, 0.3) is 0 Å². The summed E-state index contributed by atoms with van der Waals surface area (Å²) in [5.41, 5.74) is 2.78. The van der Waals surface area contributed by atoms with Crippen LogP contribution in [0.4, 0.5) is 5.69 Å². The summed E-state index contributed by atoms with van der Waals surface area (Å²) in [6.07, 6.45) is 3.05. The Labute approximate surface area is 182 Å². The molecule has 0 saturated carbocycles. The van der Waals surface area contributed by atoms with E-state index >= 15 is 0 Å². The summed E-state index contributed by atoms with van der Waals surface area (Å²) in [6, 6.07) is 13.4. The number of rotatable bonds is 5. The van der Waals surface area contributed by atoms with Gasteiger partial charge in [-0.3, -0.25) is 19.4 Å². The van der Waals surface area contributed by atoms with Gasteiger partial charge in [-0.2, -0.15) is 0 Å². The Balaban J connectivity index is 1.33. The molecule has 1 unspecified atom stereocenters. The third kappa shape index (κ3) is 4.60. The van der Waals surface area contributed by atoms with Crippen molar-refractivity contribution >= 4 is 23.4 Å². The molecule has 3 heterocycles. The normalized spacial score (nSPS) is 19.1. The van der Waals surface area contributed by atoms with Crippen LogP contribution >= 0.6 is 0 Å². The highest BCUT2D eigenvalue weighted by Gasteiger charge is 2.38. The van der Waals surface area contributed by atoms with E-state index in [1.807, 2.05) is 42.5 Å². The van der Waals surface area contributed by atoms with Crippen LogP contribution in [0, 0.1) is 5.92 Å². The van der Waals surface area contributed by atoms with E-state index < -0.39 is 0 Å². The average Bonchev–Trinajstić information content (AvgIpc) is 3.20. The Morgan fingerprint density at radius 2 is 1.71 bits per heavy atom. The monoisotopic (exact) mass is 420 g/mol. The lowest BCUT2D eigenvalue weighted by Crippen LogP contribution is -2.52. The van der Waals surface area contributed by atoms with Crippen molar-refractivity contribution in [3.8, 4) is 0 Å². The van der Waals surface area contributed by atoms with Gasteiger partial charge in [-0.1, -0.05) is 31.2 Å². The molecule has 2 aromatic rings. The summed E-state index contributed by atoms with van der Waals surface area (Å²) in [4.78, 5) is 47.8. The molecular weight excluding hydrogens is 392 g/mol. The fourth-order valence-corrected chi connectivity index (χ4v) is 4.38. The Morgan fingerprint density at radius 1 is 1.00 bits per heavy atom. The number of aromatic nitrogens is 1. The van der Waals surface area contributed by atoms with Crippen molar-refractivity contribution in [1.29, 1.82) is 0 Å². The Bertz CT molecular complexity index is 954. The topological polar surface area (TPSA) is 73.8 Å². The minimum atomic E-state index is -0.326. The summed E-state index contributed by atoms with van der Waals surface area (Å²) >= 11 is 0. The molecule has 4 rings (SSSR count). The number of piperazine rings is 1. The number of para-hydroxylation sites is 1.